The van der Waals surface area contributed by atoms with E-state index in [9.17, 15) is 14.7 Å². The maximum Gasteiger partial charge on any atom is 0.347 e. The molecule has 0 amide bonds. The summed E-state index contributed by atoms with van der Waals surface area (Å²) in [4.78, 5) is 22.2. The first-order chi connectivity index (χ1) is 8.51. The molecule has 0 saturated heterocycles. The molecule has 6 heteroatoms. The van der Waals surface area contributed by atoms with E-state index in [-0.39, 0.29) is 16.9 Å². The van der Waals surface area contributed by atoms with Crippen molar-refractivity contribution in [1.29, 1.82) is 0 Å². The Balaban J connectivity index is 2.70. The van der Waals surface area contributed by atoms with Gasteiger partial charge in [0.25, 0.3) is 0 Å². The van der Waals surface area contributed by atoms with Gasteiger partial charge in [0, 0.05) is 6.07 Å². The van der Waals surface area contributed by atoms with Gasteiger partial charge in [0.2, 0.25) is 0 Å². The van der Waals surface area contributed by atoms with Crippen LogP contribution in [-0.4, -0.2) is 23.3 Å². The Morgan fingerprint density at radius 1 is 1.39 bits per heavy atom. The summed E-state index contributed by atoms with van der Waals surface area (Å²) in [6.07, 6.45) is -0.400. The van der Waals surface area contributed by atoms with E-state index in [4.69, 9.17) is 14.3 Å². The number of rotatable bonds is 3. The predicted molar refractivity (Wildman–Crippen MR) is 62.0 cm³/mol. The molecule has 2 aromatic rings. The molecule has 94 valence electrons. The van der Waals surface area contributed by atoms with Crippen LogP contribution in [0.5, 0.6) is 11.5 Å². The standard InChI is InChI=1S/C12H10O6/c1-17-7-2-6-3-8(5-10(14)15)18-12(16)11(6)9(13)4-7/h2-4,13H,5H2,1H3,(H,14,15). The molecule has 18 heavy (non-hydrogen) atoms. The molecule has 0 aliphatic carbocycles. The molecule has 0 fully saturated rings. The highest BCUT2D eigenvalue weighted by molar-refractivity contribution is 5.88. The fraction of sp³-hybridized carbons (Fsp3) is 0.167. The van der Waals surface area contributed by atoms with Gasteiger partial charge >= 0.3 is 11.6 Å². The van der Waals surface area contributed by atoms with Crippen LogP contribution in [0, 0.1) is 0 Å². The summed E-state index contributed by atoms with van der Waals surface area (Å²) in [5.74, 6) is -0.982. The van der Waals surface area contributed by atoms with E-state index in [1.165, 1.54) is 25.3 Å². The number of benzene rings is 1. The number of phenols is 1. The van der Waals surface area contributed by atoms with Crippen LogP contribution in [0.4, 0.5) is 0 Å². The van der Waals surface area contributed by atoms with E-state index in [2.05, 4.69) is 0 Å². The van der Waals surface area contributed by atoms with Crippen LogP contribution < -0.4 is 10.4 Å². The maximum atomic E-state index is 11.6. The number of phenolic OH excluding ortho intramolecular Hbond substituents is 1. The number of fused-ring (bicyclic) bond motifs is 1. The number of carboxylic acid groups (broad SMARTS) is 1. The fourth-order valence-corrected chi connectivity index (χ4v) is 1.69. The number of aromatic hydroxyl groups is 1. The number of ether oxygens (including phenoxy) is 1. The number of aliphatic carboxylic acids is 1. The third kappa shape index (κ3) is 2.13. The van der Waals surface area contributed by atoms with E-state index < -0.39 is 18.0 Å². The maximum absolute atomic E-state index is 11.6. The molecule has 0 radical (unpaired) electrons. The second-order valence-electron chi connectivity index (χ2n) is 3.68. The third-order valence-corrected chi connectivity index (χ3v) is 2.43. The summed E-state index contributed by atoms with van der Waals surface area (Å²) in [5, 5.41) is 18.7. The lowest BCUT2D eigenvalue weighted by Gasteiger charge is -2.05. The normalized spacial score (nSPS) is 10.5. The first-order valence-electron chi connectivity index (χ1n) is 5.07. The van der Waals surface area contributed by atoms with Gasteiger partial charge in [0.1, 0.15) is 29.1 Å². The molecule has 1 aromatic heterocycles. The van der Waals surface area contributed by atoms with Gasteiger partial charge in [0.15, 0.2) is 0 Å². The van der Waals surface area contributed by atoms with E-state index >= 15 is 0 Å². The summed E-state index contributed by atoms with van der Waals surface area (Å²) in [7, 11) is 1.42. The largest absolute Gasteiger partial charge is 0.507 e. The highest BCUT2D eigenvalue weighted by atomic mass is 16.5. The van der Waals surface area contributed by atoms with E-state index in [1.807, 2.05) is 0 Å². The molecular formula is C12H10O6. The minimum Gasteiger partial charge on any atom is -0.507 e. The third-order valence-electron chi connectivity index (χ3n) is 2.43. The lowest BCUT2D eigenvalue weighted by atomic mass is 10.1. The Bertz CT molecular complexity index is 670. The number of hydrogen-bond donors (Lipinski definition) is 2. The number of methoxy groups -OCH3 is 1. The Morgan fingerprint density at radius 2 is 2.11 bits per heavy atom. The van der Waals surface area contributed by atoms with Crippen LogP contribution in [0.2, 0.25) is 0 Å². The summed E-state index contributed by atoms with van der Waals surface area (Å²) in [6.45, 7) is 0. The Kier molecular flexibility index (Phi) is 2.93. The minimum atomic E-state index is -1.11. The van der Waals surface area contributed by atoms with Gasteiger partial charge in [-0.25, -0.2) is 4.79 Å². The molecule has 6 nitrogen and oxygen atoms in total. The molecule has 0 aliphatic heterocycles. The molecule has 0 bridgehead atoms. The van der Waals surface area contributed by atoms with Crippen molar-refractivity contribution in [2.24, 2.45) is 0 Å². The van der Waals surface area contributed by atoms with Gasteiger partial charge in [0.05, 0.1) is 7.11 Å². The van der Waals surface area contributed by atoms with Crippen molar-refractivity contribution in [2.75, 3.05) is 7.11 Å². The van der Waals surface area contributed by atoms with E-state index in [0.717, 1.165) is 0 Å². The number of carbonyl (C=O) groups is 1. The van der Waals surface area contributed by atoms with Crippen LogP contribution in [0.1, 0.15) is 5.76 Å². The van der Waals surface area contributed by atoms with Crippen molar-refractivity contribution in [1.82, 2.24) is 0 Å². The van der Waals surface area contributed by atoms with Crippen LogP contribution >= 0.6 is 0 Å². The smallest absolute Gasteiger partial charge is 0.347 e. The Morgan fingerprint density at radius 3 is 2.72 bits per heavy atom. The van der Waals surface area contributed by atoms with E-state index in [0.29, 0.717) is 11.1 Å². The molecule has 0 aliphatic rings. The average Bonchev–Trinajstić information content (AvgIpc) is 2.26. The van der Waals surface area contributed by atoms with Gasteiger partial charge in [-0.05, 0) is 17.5 Å². The molecule has 2 N–H and O–H groups in total. The van der Waals surface area contributed by atoms with Crippen LogP contribution in [0.15, 0.2) is 27.4 Å². The molecule has 2 rings (SSSR count). The van der Waals surface area contributed by atoms with Crippen molar-refractivity contribution in [3.05, 3.63) is 34.4 Å². The second kappa shape index (κ2) is 4.40. The zero-order valence-corrected chi connectivity index (χ0v) is 9.47. The fourth-order valence-electron chi connectivity index (χ4n) is 1.69. The monoisotopic (exact) mass is 250 g/mol. The van der Waals surface area contributed by atoms with Gasteiger partial charge in [-0.15, -0.1) is 0 Å². The van der Waals surface area contributed by atoms with Gasteiger partial charge < -0.3 is 19.4 Å². The zero-order valence-electron chi connectivity index (χ0n) is 9.47. The summed E-state index contributed by atoms with van der Waals surface area (Å²) >= 11 is 0. The topological polar surface area (TPSA) is 97.0 Å². The Labute approximate surface area is 101 Å². The van der Waals surface area contributed by atoms with Crippen molar-refractivity contribution < 1.29 is 24.2 Å². The summed E-state index contributed by atoms with van der Waals surface area (Å²) in [6, 6.07) is 4.21. The Hall–Kier alpha value is -2.50. The van der Waals surface area contributed by atoms with Gasteiger partial charge in [-0.2, -0.15) is 0 Å². The quantitative estimate of drug-likeness (QED) is 0.847. The van der Waals surface area contributed by atoms with Crippen molar-refractivity contribution in [2.45, 2.75) is 6.42 Å². The van der Waals surface area contributed by atoms with Crippen LogP contribution in [0.25, 0.3) is 10.8 Å². The van der Waals surface area contributed by atoms with Crippen molar-refractivity contribution >= 4 is 16.7 Å². The zero-order chi connectivity index (χ0) is 13.3. The van der Waals surface area contributed by atoms with Crippen LogP contribution in [-0.2, 0) is 11.2 Å². The molecular weight excluding hydrogens is 240 g/mol. The number of carboxylic acids is 1. The number of hydrogen-bond acceptors (Lipinski definition) is 5. The molecule has 1 heterocycles. The van der Waals surface area contributed by atoms with Gasteiger partial charge in [-0.3, -0.25) is 4.79 Å². The first-order valence-corrected chi connectivity index (χ1v) is 5.07. The highest BCUT2D eigenvalue weighted by Crippen LogP contribution is 2.28. The minimum absolute atomic E-state index is 0.00457. The molecule has 0 unspecified atom stereocenters. The van der Waals surface area contributed by atoms with Crippen molar-refractivity contribution in [3.8, 4) is 11.5 Å². The van der Waals surface area contributed by atoms with Crippen LogP contribution in [0.3, 0.4) is 0 Å². The lowest BCUT2D eigenvalue weighted by molar-refractivity contribution is -0.136. The van der Waals surface area contributed by atoms with Crippen molar-refractivity contribution in [3.63, 3.8) is 0 Å². The molecule has 0 atom stereocenters. The molecule has 0 saturated carbocycles. The summed E-state index contributed by atoms with van der Waals surface area (Å²) < 4.78 is 9.77. The first kappa shape index (κ1) is 12.0. The summed E-state index contributed by atoms with van der Waals surface area (Å²) in [5.41, 5.74) is -0.774. The second-order valence-corrected chi connectivity index (χ2v) is 3.68. The SMILES string of the molecule is COc1cc(O)c2c(=O)oc(CC(=O)O)cc2c1. The van der Waals surface area contributed by atoms with Gasteiger partial charge in [-0.1, -0.05) is 0 Å². The predicted octanol–water partition coefficient (Wildman–Crippen LogP) is 1.13. The lowest BCUT2D eigenvalue weighted by Crippen LogP contribution is -2.06. The molecule has 0 spiro atoms. The average molecular weight is 250 g/mol. The molecule has 1 aromatic carbocycles. The van der Waals surface area contributed by atoms with E-state index in [1.54, 1.807) is 0 Å². The highest BCUT2D eigenvalue weighted by Gasteiger charge is 2.12.